The Morgan fingerprint density at radius 2 is 2.16 bits per heavy atom. The molecular formula is C14H12N2O2S. The fraction of sp³-hybridized carbons (Fsp3) is 0.143. The Bertz CT molecular complexity index is 612. The van der Waals surface area contributed by atoms with Gasteiger partial charge in [-0.25, -0.2) is 0 Å². The van der Waals surface area contributed by atoms with Gasteiger partial charge in [0.05, 0.1) is 12.7 Å². The van der Waals surface area contributed by atoms with Crippen molar-refractivity contribution in [2.45, 2.75) is 0 Å². The van der Waals surface area contributed by atoms with Crippen LogP contribution >= 0.6 is 11.8 Å². The minimum absolute atomic E-state index is 0.599. The summed E-state index contributed by atoms with van der Waals surface area (Å²) >= 11 is 1.41. The predicted molar refractivity (Wildman–Crippen MR) is 76.7 cm³/mol. The first-order chi connectivity index (χ1) is 9.28. The second kappa shape index (κ2) is 6.12. The number of rotatable bonds is 3. The lowest BCUT2D eigenvalue weighted by molar-refractivity contribution is 0.215. The number of hydrogen-bond acceptors (Lipinski definition) is 5. The maximum Gasteiger partial charge on any atom is 0.140 e. The first-order valence-corrected chi connectivity index (χ1v) is 6.36. The molecule has 0 bridgehead atoms. The summed E-state index contributed by atoms with van der Waals surface area (Å²) in [5.74, 6) is 0.726. The Hall–Kier alpha value is -2.19. The number of hydrogen-bond donors (Lipinski definition) is 0. The van der Waals surface area contributed by atoms with E-state index in [9.17, 15) is 5.26 Å². The summed E-state index contributed by atoms with van der Waals surface area (Å²) in [6.45, 7) is 0. The smallest absolute Gasteiger partial charge is 0.140 e. The lowest BCUT2D eigenvalue weighted by atomic mass is 10.1. The van der Waals surface area contributed by atoms with Gasteiger partial charge in [-0.1, -0.05) is 29.1 Å². The molecule has 0 spiro atoms. The molecule has 4 nitrogen and oxygen atoms in total. The summed E-state index contributed by atoms with van der Waals surface area (Å²) in [5.41, 5.74) is 1.43. The number of allylic oxidation sites excluding steroid dienone is 2. The van der Waals surface area contributed by atoms with Crippen LogP contribution in [-0.2, 0) is 4.84 Å². The molecule has 0 amide bonds. The number of benzene rings is 1. The van der Waals surface area contributed by atoms with Gasteiger partial charge in [0.2, 0.25) is 0 Å². The molecule has 1 heterocycles. The van der Waals surface area contributed by atoms with Crippen LogP contribution in [0, 0.1) is 11.3 Å². The Morgan fingerprint density at radius 3 is 2.84 bits per heavy atom. The number of nitrogens with zero attached hydrogens (tertiary/aromatic N) is 2. The molecule has 1 aliphatic rings. The quantitative estimate of drug-likeness (QED) is 0.626. The van der Waals surface area contributed by atoms with Crippen molar-refractivity contribution in [3.05, 3.63) is 46.9 Å². The van der Waals surface area contributed by atoms with Crippen LogP contribution in [0.15, 0.2) is 46.5 Å². The maximum atomic E-state index is 9.35. The molecular weight excluding hydrogens is 260 g/mol. The first-order valence-electron chi connectivity index (χ1n) is 5.54. The van der Waals surface area contributed by atoms with Crippen LogP contribution in [0.25, 0.3) is 5.57 Å². The molecule has 2 rings (SSSR count). The van der Waals surface area contributed by atoms with Crippen LogP contribution in [0.4, 0.5) is 0 Å². The van der Waals surface area contributed by atoms with Crippen molar-refractivity contribution in [1.29, 1.82) is 5.26 Å². The molecule has 0 aliphatic carbocycles. The van der Waals surface area contributed by atoms with Crippen LogP contribution < -0.4 is 4.74 Å². The molecule has 19 heavy (non-hydrogen) atoms. The van der Waals surface area contributed by atoms with Gasteiger partial charge in [0.25, 0.3) is 0 Å². The normalized spacial score (nSPS) is 18.3. The largest absolute Gasteiger partial charge is 0.497 e. The van der Waals surface area contributed by atoms with Gasteiger partial charge in [0.1, 0.15) is 24.0 Å². The molecule has 0 atom stereocenters. The van der Waals surface area contributed by atoms with Crippen molar-refractivity contribution in [1.82, 2.24) is 0 Å². The third-order valence-corrected chi connectivity index (χ3v) is 3.47. The van der Waals surface area contributed by atoms with Crippen LogP contribution in [0.2, 0.25) is 0 Å². The van der Waals surface area contributed by atoms with Gasteiger partial charge in [-0.15, -0.1) is 0 Å². The highest BCUT2D eigenvalue weighted by Gasteiger charge is 2.15. The van der Waals surface area contributed by atoms with Crippen LogP contribution in [0.1, 0.15) is 5.56 Å². The van der Waals surface area contributed by atoms with Crippen LogP contribution in [-0.4, -0.2) is 19.3 Å². The topological polar surface area (TPSA) is 54.6 Å². The van der Waals surface area contributed by atoms with Crippen molar-refractivity contribution in [2.24, 2.45) is 5.16 Å². The number of ether oxygens (including phenoxy) is 1. The third-order valence-electron chi connectivity index (χ3n) is 2.49. The number of methoxy groups -OCH3 is 1. The summed E-state index contributed by atoms with van der Waals surface area (Å²) in [6, 6.07) is 9.66. The SMILES string of the molecule is CON=C1C=C/C(=C(\C#N)c2cccc(OC)c2)S1. The van der Waals surface area contributed by atoms with E-state index in [0.29, 0.717) is 5.57 Å². The van der Waals surface area contributed by atoms with Gasteiger partial charge in [-0.3, -0.25) is 0 Å². The first kappa shape index (κ1) is 13.2. The van der Waals surface area contributed by atoms with Gasteiger partial charge in [-0.2, -0.15) is 5.26 Å². The molecule has 0 unspecified atom stereocenters. The Morgan fingerprint density at radius 1 is 1.32 bits per heavy atom. The van der Waals surface area contributed by atoms with Crippen LogP contribution in [0.5, 0.6) is 5.75 Å². The van der Waals surface area contributed by atoms with E-state index in [1.165, 1.54) is 18.9 Å². The molecule has 1 aliphatic heterocycles. The Labute approximate surface area is 116 Å². The van der Waals surface area contributed by atoms with E-state index in [-0.39, 0.29) is 0 Å². The highest BCUT2D eigenvalue weighted by molar-refractivity contribution is 8.18. The van der Waals surface area contributed by atoms with E-state index in [1.54, 1.807) is 7.11 Å². The van der Waals surface area contributed by atoms with E-state index < -0.39 is 0 Å². The maximum absolute atomic E-state index is 9.35. The number of thioether (sulfide) groups is 1. The molecule has 0 N–H and O–H groups in total. The summed E-state index contributed by atoms with van der Waals surface area (Å²) < 4.78 is 5.17. The average Bonchev–Trinajstić information content (AvgIpc) is 2.89. The van der Waals surface area contributed by atoms with Crippen molar-refractivity contribution in [3.63, 3.8) is 0 Å². The molecule has 96 valence electrons. The van der Waals surface area contributed by atoms with Crippen molar-refractivity contribution >= 4 is 22.4 Å². The van der Waals surface area contributed by atoms with Crippen molar-refractivity contribution in [3.8, 4) is 11.8 Å². The zero-order valence-electron chi connectivity index (χ0n) is 10.6. The molecule has 0 saturated carbocycles. The Kier molecular flexibility index (Phi) is 4.26. The monoisotopic (exact) mass is 272 g/mol. The fourth-order valence-corrected chi connectivity index (χ4v) is 2.52. The van der Waals surface area contributed by atoms with E-state index in [4.69, 9.17) is 9.57 Å². The minimum atomic E-state index is 0.599. The van der Waals surface area contributed by atoms with Gasteiger partial charge < -0.3 is 9.57 Å². The van der Waals surface area contributed by atoms with Gasteiger partial charge in [0.15, 0.2) is 0 Å². The molecule has 0 radical (unpaired) electrons. The zero-order valence-corrected chi connectivity index (χ0v) is 11.4. The molecule has 5 heteroatoms. The molecule has 0 fully saturated rings. The highest BCUT2D eigenvalue weighted by Crippen LogP contribution is 2.34. The standard InChI is InChI=1S/C14H12N2O2S/c1-17-11-5-3-4-10(8-11)12(9-15)13-6-7-14(19-13)16-18-2/h3-8H,1-2H3/b13-12-,16-14?. The zero-order chi connectivity index (χ0) is 13.7. The molecule has 1 aromatic carbocycles. The predicted octanol–water partition coefficient (Wildman–Crippen LogP) is 3.19. The third kappa shape index (κ3) is 2.98. The Balaban J connectivity index is 2.39. The average molecular weight is 272 g/mol. The second-order valence-electron chi connectivity index (χ2n) is 3.63. The van der Waals surface area contributed by atoms with E-state index in [0.717, 1.165) is 21.3 Å². The lowest BCUT2D eigenvalue weighted by Gasteiger charge is -2.05. The fourth-order valence-electron chi connectivity index (χ4n) is 1.64. The van der Waals surface area contributed by atoms with Crippen LogP contribution in [0.3, 0.4) is 0 Å². The highest BCUT2D eigenvalue weighted by atomic mass is 32.2. The summed E-state index contributed by atoms with van der Waals surface area (Å²) in [6.07, 6.45) is 3.68. The number of nitriles is 1. The summed E-state index contributed by atoms with van der Waals surface area (Å²) in [4.78, 5) is 5.57. The minimum Gasteiger partial charge on any atom is -0.497 e. The van der Waals surface area contributed by atoms with Gasteiger partial charge in [0, 0.05) is 4.91 Å². The van der Waals surface area contributed by atoms with Gasteiger partial charge >= 0.3 is 0 Å². The molecule has 0 saturated heterocycles. The number of oxime groups is 1. The van der Waals surface area contributed by atoms with Gasteiger partial charge in [-0.05, 0) is 29.8 Å². The lowest BCUT2D eigenvalue weighted by Crippen LogP contribution is -1.88. The molecule has 1 aromatic rings. The van der Waals surface area contributed by atoms with E-state index in [2.05, 4.69) is 11.2 Å². The van der Waals surface area contributed by atoms with Crippen molar-refractivity contribution < 1.29 is 9.57 Å². The van der Waals surface area contributed by atoms with E-state index in [1.807, 2.05) is 36.4 Å². The second-order valence-corrected chi connectivity index (χ2v) is 4.69. The van der Waals surface area contributed by atoms with Crippen molar-refractivity contribution in [2.75, 3.05) is 14.2 Å². The summed E-state index contributed by atoms with van der Waals surface area (Å²) in [5, 5.41) is 13.9. The molecule has 0 aromatic heterocycles. The summed E-state index contributed by atoms with van der Waals surface area (Å²) in [7, 11) is 3.10. The van der Waals surface area contributed by atoms with E-state index >= 15 is 0 Å².